The molecule has 0 spiro atoms. The molecule has 0 aromatic carbocycles. The highest BCUT2D eigenvalue weighted by molar-refractivity contribution is 6.35. The van der Waals surface area contributed by atoms with Crippen molar-refractivity contribution in [1.29, 1.82) is 0 Å². The second-order valence-corrected chi connectivity index (χ2v) is 2.18. The minimum atomic E-state index is -1.39. The lowest BCUT2D eigenvalue weighted by molar-refractivity contribution is -0.389. The summed E-state index contributed by atoms with van der Waals surface area (Å²) in [7, 11) is 0. The molecule has 1 aromatic rings. The van der Waals surface area contributed by atoms with Gasteiger partial charge in [0, 0.05) is 0 Å². The van der Waals surface area contributed by atoms with Crippen molar-refractivity contribution in [2.75, 3.05) is 0 Å². The van der Waals surface area contributed by atoms with Crippen LogP contribution in [-0.2, 0) is 0 Å². The molecule has 0 atom stereocenters. The number of halogens is 1. The van der Waals surface area contributed by atoms with Crippen molar-refractivity contribution in [2.24, 2.45) is 0 Å². The SMILES string of the molecule is O=C(O)c1[nH]nc([N+](=O)[O-])c1Cl. The Morgan fingerprint density at radius 3 is 2.58 bits per heavy atom. The summed E-state index contributed by atoms with van der Waals surface area (Å²) < 4.78 is 0. The van der Waals surface area contributed by atoms with Crippen molar-refractivity contribution >= 4 is 23.4 Å². The molecule has 0 aliphatic heterocycles. The summed E-state index contributed by atoms with van der Waals surface area (Å²) in [4.78, 5) is 19.5. The summed E-state index contributed by atoms with van der Waals surface area (Å²) in [6, 6.07) is 0. The quantitative estimate of drug-likeness (QED) is 0.527. The van der Waals surface area contributed by atoms with Crippen molar-refractivity contribution in [3.05, 3.63) is 20.8 Å². The van der Waals surface area contributed by atoms with Crippen LogP contribution in [0.15, 0.2) is 0 Å². The van der Waals surface area contributed by atoms with Crippen LogP contribution in [0.25, 0.3) is 0 Å². The molecule has 12 heavy (non-hydrogen) atoms. The third-order valence-electron chi connectivity index (χ3n) is 1.08. The largest absolute Gasteiger partial charge is 0.476 e. The molecule has 8 heteroatoms. The predicted molar refractivity (Wildman–Crippen MR) is 37.2 cm³/mol. The molecule has 64 valence electrons. The smallest absolute Gasteiger partial charge is 0.409 e. The molecule has 0 aliphatic rings. The van der Waals surface area contributed by atoms with Gasteiger partial charge in [0.05, 0.1) is 5.10 Å². The number of aromatic amines is 1. The van der Waals surface area contributed by atoms with E-state index in [2.05, 4.69) is 5.10 Å². The van der Waals surface area contributed by atoms with Crippen LogP contribution in [0.3, 0.4) is 0 Å². The molecule has 0 fully saturated rings. The summed E-state index contributed by atoms with van der Waals surface area (Å²) in [5.41, 5.74) is -0.483. The van der Waals surface area contributed by atoms with Crippen molar-refractivity contribution in [3.8, 4) is 0 Å². The number of nitro groups is 1. The van der Waals surface area contributed by atoms with E-state index in [4.69, 9.17) is 16.7 Å². The Bertz CT molecular complexity index is 315. The highest BCUT2D eigenvalue weighted by Gasteiger charge is 2.25. The van der Waals surface area contributed by atoms with Crippen LogP contribution in [0.2, 0.25) is 5.02 Å². The first-order valence-corrected chi connectivity index (χ1v) is 3.03. The number of carboxylic acid groups (broad SMARTS) is 1. The molecule has 0 unspecified atom stereocenters. The number of carbonyl (C=O) groups is 1. The molecular formula is C4H2ClN3O4. The maximum atomic E-state index is 10.3. The molecule has 1 rings (SSSR count). The average molecular weight is 192 g/mol. The van der Waals surface area contributed by atoms with E-state index in [-0.39, 0.29) is 0 Å². The summed E-state index contributed by atoms with van der Waals surface area (Å²) in [5, 5.41) is 23.0. The van der Waals surface area contributed by atoms with Gasteiger partial charge in [-0.1, -0.05) is 11.6 Å². The molecule has 0 saturated heterocycles. The fraction of sp³-hybridized carbons (Fsp3) is 0. The zero-order valence-corrected chi connectivity index (χ0v) is 6.20. The van der Waals surface area contributed by atoms with E-state index in [1.54, 1.807) is 0 Å². The van der Waals surface area contributed by atoms with Crippen LogP contribution in [-0.4, -0.2) is 26.2 Å². The molecule has 0 radical (unpaired) electrons. The van der Waals surface area contributed by atoms with Crippen molar-refractivity contribution in [1.82, 2.24) is 10.2 Å². The van der Waals surface area contributed by atoms with E-state index in [0.717, 1.165) is 0 Å². The molecular weight excluding hydrogens is 190 g/mol. The number of hydrogen-bond acceptors (Lipinski definition) is 4. The molecule has 1 heterocycles. The number of carboxylic acids is 1. The van der Waals surface area contributed by atoms with Crippen LogP contribution in [0.5, 0.6) is 0 Å². The summed E-state index contributed by atoms with van der Waals surface area (Å²) in [6.07, 6.45) is 0. The van der Waals surface area contributed by atoms with Gasteiger partial charge in [-0.3, -0.25) is 0 Å². The van der Waals surface area contributed by atoms with Crippen molar-refractivity contribution < 1.29 is 14.8 Å². The predicted octanol–water partition coefficient (Wildman–Crippen LogP) is 0.669. The topological polar surface area (TPSA) is 109 Å². The Hall–Kier alpha value is -1.63. The standard InChI is InChI=1S/C4H2ClN3O4/c5-1-2(4(9)10)6-7-3(1)8(11)12/h(H,6,7)(H,9,10). The monoisotopic (exact) mass is 191 g/mol. The van der Waals surface area contributed by atoms with Crippen LogP contribution in [0.4, 0.5) is 5.82 Å². The second kappa shape index (κ2) is 2.78. The molecule has 7 nitrogen and oxygen atoms in total. The van der Waals surface area contributed by atoms with Gasteiger partial charge >= 0.3 is 11.8 Å². The van der Waals surface area contributed by atoms with Gasteiger partial charge in [0.2, 0.25) is 0 Å². The zero-order valence-electron chi connectivity index (χ0n) is 5.44. The number of hydrogen-bond donors (Lipinski definition) is 2. The molecule has 0 saturated carbocycles. The van der Waals surface area contributed by atoms with Crippen molar-refractivity contribution in [3.63, 3.8) is 0 Å². The van der Waals surface area contributed by atoms with E-state index in [9.17, 15) is 14.9 Å². The van der Waals surface area contributed by atoms with Crippen LogP contribution < -0.4 is 0 Å². The van der Waals surface area contributed by atoms with Crippen LogP contribution in [0.1, 0.15) is 10.5 Å². The lowest BCUT2D eigenvalue weighted by Gasteiger charge is -1.86. The first-order valence-electron chi connectivity index (χ1n) is 2.65. The number of aromatic carboxylic acids is 1. The number of nitrogens with zero attached hydrogens (tertiary/aromatic N) is 2. The zero-order chi connectivity index (χ0) is 9.30. The maximum Gasteiger partial charge on any atom is 0.409 e. The molecule has 0 amide bonds. The highest BCUT2D eigenvalue weighted by atomic mass is 35.5. The first-order chi connectivity index (χ1) is 5.54. The Labute approximate surface area is 70.1 Å². The van der Waals surface area contributed by atoms with Gasteiger partial charge in [0.1, 0.15) is 0 Å². The number of aromatic nitrogens is 2. The number of rotatable bonds is 2. The lowest BCUT2D eigenvalue weighted by atomic mass is 10.4. The fourth-order valence-corrected chi connectivity index (χ4v) is 0.816. The third kappa shape index (κ3) is 1.21. The van der Waals surface area contributed by atoms with E-state index in [1.807, 2.05) is 5.10 Å². The van der Waals surface area contributed by atoms with Gasteiger partial charge in [-0.05, 0) is 4.92 Å². The molecule has 1 aromatic heterocycles. The van der Waals surface area contributed by atoms with E-state index >= 15 is 0 Å². The average Bonchev–Trinajstić information content (AvgIpc) is 2.30. The Morgan fingerprint density at radius 1 is 1.75 bits per heavy atom. The van der Waals surface area contributed by atoms with Gasteiger partial charge < -0.3 is 15.2 Å². The Morgan fingerprint density at radius 2 is 2.33 bits per heavy atom. The van der Waals surface area contributed by atoms with E-state index in [0.29, 0.717) is 0 Å². The van der Waals surface area contributed by atoms with Gasteiger partial charge in [-0.15, -0.1) is 0 Å². The van der Waals surface area contributed by atoms with Gasteiger partial charge in [-0.25, -0.2) is 4.79 Å². The molecule has 2 N–H and O–H groups in total. The van der Waals surface area contributed by atoms with Crippen LogP contribution >= 0.6 is 11.6 Å². The number of nitrogens with one attached hydrogen (secondary N) is 1. The molecule has 0 bridgehead atoms. The van der Waals surface area contributed by atoms with Crippen LogP contribution in [0, 0.1) is 10.1 Å². The van der Waals surface area contributed by atoms with E-state index in [1.165, 1.54) is 0 Å². The Balaban J connectivity index is 3.22. The van der Waals surface area contributed by atoms with Gasteiger partial charge in [0.15, 0.2) is 10.7 Å². The van der Waals surface area contributed by atoms with Crippen molar-refractivity contribution in [2.45, 2.75) is 0 Å². The minimum absolute atomic E-state index is 0.483. The summed E-state index contributed by atoms with van der Waals surface area (Å²) >= 11 is 5.30. The number of H-pyrrole nitrogens is 1. The normalized spacial score (nSPS) is 9.75. The van der Waals surface area contributed by atoms with Gasteiger partial charge in [-0.2, -0.15) is 5.10 Å². The maximum absolute atomic E-state index is 10.3. The lowest BCUT2D eigenvalue weighted by Crippen LogP contribution is -1.96. The summed E-state index contributed by atoms with van der Waals surface area (Å²) in [6.45, 7) is 0. The van der Waals surface area contributed by atoms with E-state index < -0.39 is 27.4 Å². The summed E-state index contributed by atoms with van der Waals surface area (Å²) in [5.74, 6) is -2.07. The first kappa shape index (κ1) is 8.47. The highest BCUT2D eigenvalue weighted by Crippen LogP contribution is 2.24. The Kier molecular flexibility index (Phi) is 1.96. The second-order valence-electron chi connectivity index (χ2n) is 1.80. The fourth-order valence-electron chi connectivity index (χ4n) is 0.581. The minimum Gasteiger partial charge on any atom is -0.476 e. The molecule has 0 aliphatic carbocycles. The third-order valence-corrected chi connectivity index (χ3v) is 1.43. The van der Waals surface area contributed by atoms with Gasteiger partial charge in [0.25, 0.3) is 0 Å².